The molecule has 0 aliphatic rings. The van der Waals surface area contributed by atoms with E-state index in [1.165, 1.54) is 4.68 Å². The number of rotatable bonds is 5. The van der Waals surface area contributed by atoms with Crippen LogP contribution in [0.2, 0.25) is 0 Å². The van der Waals surface area contributed by atoms with E-state index in [1.54, 1.807) is 36.9 Å². The van der Waals surface area contributed by atoms with Gasteiger partial charge in [0.05, 0.1) is 35.3 Å². The van der Waals surface area contributed by atoms with E-state index in [1.807, 2.05) is 37.3 Å². The number of aromatic nitrogens is 4. The molecule has 0 aliphatic heterocycles. The number of furan rings is 1. The van der Waals surface area contributed by atoms with Crippen molar-refractivity contribution in [3.05, 3.63) is 76.2 Å². The summed E-state index contributed by atoms with van der Waals surface area (Å²) < 4.78 is 8.17. The average molecular weight is 391 g/mol. The van der Waals surface area contributed by atoms with E-state index < -0.39 is 6.04 Å². The van der Waals surface area contributed by atoms with Crippen molar-refractivity contribution in [2.45, 2.75) is 33.4 Å². The van der Waals surface area contributed by atoms with Gasteiger partial charge in [-0.15, -0.1) is 0 Å². The number of hydrogen-bond acceptors (Lipinski definition) is 5. The summed E-state index contributed by atoms with van der Waals surface area (Å²) in [4.78, 5) is 25.8. The van der Waals surface area contributed by atoms with Crippen LogP contribution in [0.4, 0.5) is 0 Å². The van der Waals surface area contributed by atoms with E-state index in [9.17, 15) is 9.59 Å². The van der Waals surface area contributed by atoms with E-state index >= 15 is 0 Å². The highest BCUT2D eigenvalue weighted by Crippen LogP contribution is 2.20. The molecule has 0 bridgehead atoms. The summed E-state index contributed by atoms with van der Waals surface area (Å²) in [5.41, 5.74) is 2.35. The fraction of sp³-hybridized carbons (Fsp3) is 0.238. The Kier molecular flexibility index (Phi) is 4.75. The summed E-state index contributed by atoms with van der Waals surface area (Å²) in [5, 5.41) is 12.2. The van der Waals surface area contributed by atoms with Gasteiger partial charge in [0.15, 0.2) is 0 Å². The Morgan fingerprint density at radius 1 is 1.14 bits per heavy atom. The molecule has 8 heteroatoms. The van der Waals surface area contributed by atoms with Crippen molar-refractivity contribution in [1.82, 2.24) is 24.9 Å². The minimum Gasteiger partial charge on any atom is -0.467 e. The maximum atomic E-state index is 13.2. The zero-order chi connectivity index (χ0) is 20.5. The lowest BCUT2D eigenvalue weighted by Crippen LogP contribution is -2.37. The number of amides is 1. The Bertz CT molecular complexity index is 1220. The Morgan fingerprint density at radius 2 is 1.90 bits per heavy atom. The van der Waals surface area contributed by atoms with Gasteiger partial charge in [0, 0.05) is 0 Å². The molecule has 0 aliphatic carbocycles. The van der Waals surface area contributed by atoms with Gasteiger partial charge in [-0.2, -0.15) is 10.2 Å². The van der Waals surface area contributed by atoms with Gasteiger partial charge in [-0.25, -0.2) is 9.36 Å². The first-order valence-corrected chi connectivity index (χ1v) is 9.31. The van der Waals surface area contributed by atoms with Gasteiger partial charge in [-0.3, -0.25) is 9.59 Å². The van der Waals surface area contributed by atoms with Crippen molar-refractivity contribution in [3.8, 4) is 5.69 Å². The minimum absolute atomic E-state index is 0.247. The lowest BCUT2D eigenvalue weighted by Gasteiger charge is -2.14. The van der Waals surface area contributed by atoms with Crippen LogP contribution in [-0.2, 0) is 11.3 Å². The smallest absolute Gasteiger partial charge is 0.278 e. The average Bonchev–Trinajstić information content (AvgIpc) is 3.37. The normalized spacial score (nSPS) is 12.2. The number of hydrogen-bond donors (Lipinski definition) is 1. The molecule has 148 valence electrons. The molecule has 0 spiro atoms. The zero-order valence-electron chi connectivity index (χ0n) is 16.4. The molecule has 4 rings (SSSR count). The number of para-hydroxylation sites is 1. The fourth-order valence-electron chi connectivity index (χ4n) is 3.31. The largest absolute Gasteiger partial charge is 0.467 e. The molecule has 3 heterocycles. The van der Waals surface area contributed by atoms with E-state index in [2.05, 4.69) is 15.5 Å². The van der Waals surface area contributed by atoms with Gasteiger partial charge in [-0.05, 0) is 45.0 Å². The molecule has 1 amide bonds. The molecule has 8 nitrogen and oxygen atoms in total. The van der Waals surface area contributed by atoms with Crippen LogP contribution >= 0.6 is 0 Å². The molecule has 0 fully saturated rings. The Balaban J connectivity index is 1.72. The predicted molar refractivity (Wildman–Crippen MR) is 108 cm³/mol. The molecule has 3 aromatic heterocycles. The summed E-state index contributed by atoms with van der Waals surface area (Å²) in [6.07, 6.45) is 1.54. The standard InChI is InChI=1S/C21H21N5O3/c1-13-19-18(14(2)25(24-19)16-8-5-4-6-9-16)21(28)26(23-13)15(3)20(27)22-12-17-10-7-11-29-17/h4-11,15H,12H2,1-3H3,(H,22,27). The van der Waals surface area contributed by atoms with Crippen LogP contribution in [0.25, 0.3) is 16.6 Å². The highest BCUT2D eigenvalue weighted by atomic mass is 16.3. The van der Waals surface area contributed by atoms with Crippen molar-refractivity contribution < 1.29 is 9.21 Å². The van der Waals surface area contributed by atoms with Crippen molar-refractivity contribution in [2.75, 3.05) is 0 Å². The highest BCUT2D eigenvalue weighted by molar-refractivity contribution is 5.84. The summed E-state index contributed by atoms with van der Waals surface area (Å²) >= 11 is 0. The number of nitrogens with zero attached hydrogens (tertiary/aromatic N) is 4. The second kappa shape index (κ2) is 7.38. The van der Waals surface area contributed by atoms with Gasteiger partial charge in [-0.1, -0.05) is 18.2 Å². The number of aryl methyl sites for hydroxylation is 2. The van der Waals surface area contributed by atoms with Crippen molar-refractivity contribution in [1.29, 1.82) is 0 Å². The summed E-state index contributed by atoms with van der Waals surface area (Å²) in [6.45, 7) is 5.52. The quantitative estimate of drug-likeness (QED) is 0.564. The Labute approximate surface area is 166 Å². The molecule has 29 heavy (non-hydrogen) atoms. The van der Waals surface area contributed by atoms with Gasteiger partial charge in [0.1, 0.15) is 17.3 Å². The summed E-state index contributed by atoms with van der Waals surface area (Å²) in [7, 11) is 0. The molecule has 1 N–H and O–H groups in total. The molecule has 1 unspecified atom stereocenters. The maximum Gasteiger partial charge on any atom is 0.278 e. The lowest BCUT2D eigenvalue weighted by molar-refractivity contribution is -0.124. The van der Waals surface area contributed by atoms with Crippen LogP contribution in [0.3, 0.4) is 0 Å². The second-order valence-corrected chi connectivity index (χ2v) is 6.86. The van der Waals surface area contributed by atoms with Crippen LogP contribution in [0.1, 0.15) is 30.1 Å². The summed E-state index contributed by atoms with van der Waals surface area (Å²) in [6, 6.07) is 12.3. The Morgan fingerprint density at radius 3 is 2.59 bits per heavy atom. The lowest BCUT2D eigenvalue weighted by atomic mass is 10.2. The van der Waals surface area contributed by atoms with Crippen molar-refractivity contribution in [2.24, 2.45) is 0 Å². The van der Waals surface area contributed by atoms with E-state index in [0.717, 1.165) is 5.69 Å². The molecule has 0 saturated heterocycles. The van der Waals surface area contributed by atoms with Crippen LogP contribution in [0, 0.1) is 13.8 Å². The van der Waals surface area contributed by atoms with E-state index in [0.29, 0.717) is 28.1 Å². The molecule has 0 radical (unpaired) electrons. The fourth-order valence-corrected chi connectivity index (χ4v) is 3.31. The predicted octanol–water partition coefficient (Wildman–Crippen LogP) is 2.67. The summed E-state index contributed by atoms with van der Waals surface area (Å²) in [5.74, 6) is 0.320. The van der Waals surface area contributed by atoms with Crippen LogP contribution in [0.5, 0.6) is 0 Å². The second-order valence-electron chi connectivity index (χ2n) is 6.86. The molecule has 1 atom stereocenters. The third-order valence-corrected chi connectivity index (χ3v) is 4.90. The number of fused-ring (bicyclic) bond motifs is 1. The SMILES string of the molecule is Cc1nn(C(C)C(=O)NCc2ccco2)c(=O)c2c(C)n(-c3ccccc3)nc12. The number of nitrogens with one attached hydrogen (secondary N) is 1. The molecular formula is C21H21N5O3. The molecule has 0 saturated carbocycles. The van der Waals surface area contributed by atoms with Gasteiger partial charge >= 0.3 is 0 Å². The van der Waals surface area contributed by atoms with Crippen LogP contribution in [-0.4, -0.2) is 25.5 Å². The van der Waals surface area contributed by atoms with Gasteiger partial charge < -0.3 is 9.73 Å². The van der Waals surface area contributed by atoms with Crippen molar-refractivity contribution >= 4 is 16.8 Å². The van der Waals surface area contributed by atoms with E-state index in [4.69, 9.17) is 4.42 Å². The molecule has 1 aromatic carbocycles. The van der Waals surface area contributed by atoms with E-state index in [-0.39, 0.29) is 18.0 Å². The van der Waals surface area contributed by atoms with Gasteiger partial charge in [0.25, 0.3) is 5.56 Å². The first-order valence-electron chi connectivity index (χ1n) is 9.31. The first kappa shape index (κ1) is 18.7. The number of carbonyl (C=O) groups is 1. The molecular weight excluding hydrogens is 370 g/mol. The Hall–Kier alpha value is -3.68. The monoisotopic (exact) mass is 391 g/mol. The minimum atomic E-state index is -0.778. The maximum absolute atomic E-state index is 13.2. The van der Waals surface area contributed by atoms with Crippen molar-refractivity contribution in [3.63, 3.8) is 0 Å². The van der Waals surface area contributed by atoms with Crippen LogP contribution in [0.15, 0.2) is 57.9 Å². The molecule has 4 aromatic rings. The third kappa shape index (κ3) is 3.33. The topological polar surface area (TPSA) is 95.0 Å². The first-order chi connectivity index (χ1) is 14.0. The van der Waals surface area contributed by atoms with Gasteiger partial charge in [0.2, 0.25) is 5.91 Å². The van der Waals surface area contributed by atoms with Crippen LogP contribution < -0.4 is 10.9 Å². The number of carbonyl (C=O) groups excluding carboxylic acids is 1. The number of benzene rings is 1. The highest BCUT2D eigenvalue weighted by Gasteiger charge is 2.23. The zero-order valence-corrected chi connectivity index (χ0v) is 16.4. The third-order valence-electron chi connectivity index (χ3n) is 4.90.